The molecule has 11 heteroatoms. The molecule has 3 N–H and O–H groups in total. The van der Waals surface area contributed by atoms with Gasteiger partial charge >= 0.3 is 0 Å². The molecule has 0 aliphatic carbocycles. The number of rotatable bonds is 7. The second-order valence-corrected chi connectivity index (χ2v) is 10.3. The summed E-state index contributed by atoms with van der Waals surface area (Å²) in [6, 6.07) is 4.97. The zero-order chi connectivity index (χ0) is 26.7. The molecule has 4 heterocycles. The van der Waals surface area contributed by atoms with Crippen LogP contribution in [-0.4, -0.2) is 75.0 Å². The zero-order valence-corrected chi connectivity index (χ0v) is 23.1. The number of anilines is 1. The van der Waals surface area contributed by atoms with Gasteiger partial charge in [0.2, 0.25) is 0 Å². The monoisotopic (exact) mass is 547 g/mol. The van der Waals surface area contributed by atoms with Gasteiger partial charge < -0.3 is 20.6 Å². The SMILES string of the molecule is CC.CC(c1ccc(Cl)cc1Cl)n1nc(C(N)=O)c2ncc(N3CC(C4CCCN(CCO)C4)C3)nc21. The lowest BCUT2D eigenvalue weighted by Crippen LogP contribution is -2.54. The predicted octanol–water partition coefficient (Wildman–Crippen LogP) is 4.01. The molecular weight excluding hydrogens is 513 g/mol. The molecule has 2 saturated heterocycles. The predicted molar refractivity (Wildman–Crippen MR) is 147 cm³/mol. The van der Waals surface area contributed by atoms with Crippen molar-refractivity contribution < 1.29 is 9.90 Å². The van der Waals surface area contributed by atoms with Crippen molar-refractivity contribution in [3.05, 3.63) is 45.7 Å². The number of aliphatic hydroxyl groups is 1. The molecule has 2 aromatic heterocycles. The summed E-state index contributed by atoms with van der Waals surface area (Å²) in [5.74, 6) is 1.32. The van der Waals surface area contributed by atoms with E-state index in [-0.39, 0.29) is 18.3 Å². The Bertz CT molecular complexity index is 1240. The van der Waals surface area contributed by atoms with E-state index in [4.69, 9.17) is 33.9 Å². The van der Waals surface area contributed by atoms with Crippen molar-refractivity contribution in [1.29, 1.82) is 0 Å². The summed E-state index contributed by atoms with van der Waals surface area (Å²) in [5.41, 5.74) is 7.35. The minimum atomic E-state index is -0.654. The Balaban J connectivity index is 0.00000156. The minimum Gasteiger partial charge on any atom is -0.395 e. The van der Waals surface area contributed by atoms with Gasteiger partial charge in [-0.3, -0.25) is 4.79 Å². The fourth-order valence-corrected chi connectivity index (χ4v) is 5.84. The second kappa shape index (κ2) is 11.9. The van der Waals surface area contributed by atoms with Gasteiger partial charge in [-0.2, -0.15) is 5.10 Å². The van der Waals surface area contributed by atoms with E-state index >= 15 is 0 Å². The molecule has 1 aromatic carbocycles. The Labute approximate surface area is 227 Å². The smallest absolute Gasteiger partial charge is 0.271 e. The maximum atomic E-state index is 12.1. The normalized spacial score (nSPS) is 19.3. The van der Waals surface area contributed by atoms with Crippen LogP contribution in [-0.2, 0) is 0 Å². The van der Waals surface area contributed by atoms with Crippen molar-refractivity contribution in [3.8, 4) is 0 Å². The number of halogens is 2. The van der Waals surface area contributed by atoms with Gasteiger partial charge in [-0.25, -0.2) is 14.6 Å². The first-order valence-electron chi connectivity index (χ1n) is 12.9. The van der Waals surface area contributed by atoms with E-state index in [1.165, 1.54) is 12.8 Å². The number of β-amino-alcohol motifs (C(OH)–C–C–N with tert-alkyl or cyclic N) is 1. The van der Waals surface area contributed by atoms with E-state index in [1.54, 1.807) is 23.0 Å². The van der Waals surface area contributed by atoms with Crippen LogP contribution in [0.15, 0.2) is 24.4 Å². The van der Waals surface area contributed by atoms with Crippen LogP contribution in [0, 0.1) is 11.8 Å². The van der Waals surface area contributed by atoms with Gasteiger partial charge in [-0.05, 0) is 55.8 Å². The van der Waals surface area contributed by atoms with Gasteiger partial charge in [0.25, 0.3) is 5.91 Å². The number of aliphatic hydroxyl groups excluding tert-OH is 1. The molecule has 2 unspecified atom stereocenters. The Morgan fingerprint density at radius 1 is 1.22 bits per heavy atom. The maximum Gasteiger partial charge on any atom is 0.271 e. The number of carbonyl (C=O) groups is 1. The number of hydrogen-bond acceptors (Lipinski definition) is 7. The number of carbonyl (C=O) groups excluding carboxylic acids is 1. The van der Waals surface area contributed by atoms with Crippen molar-refractivity contribution in [2.24, 2.45) is 17.6 Å². The van der Waals surface area contributed by atoms with E-state index in [0.29, 0.717) is 33.0 Å². The highest BCUT2D eigenvalue weighted by Crippen LogP contribution is 2.35. The fourth-order valence-electron chi connectivity index (χ4n) is 5.28. The third-order valence-corrected chi connectivity index (χ3v) is 7.82. The average molecular weight is 549 g/mol. The molecule has 37 heavy (non-hydrogen) atoms. The van der Waals surface area contributed by atoms with Crippen molar-refractivity contribution >= 4 is 46.1 Å². The van der Waals surface area contributed by atoms with Crippen LogP contribution in [0.5, 0.6) is 0 Å². The van der Waals surface area contributed by atoms with Gasteiger partial charge in [0.05, 0.1) is 18.8 Å². The molecule has 2 atom stereocenters. The summed E-state index contributed by atoms with van der Waals surface area (Å²) in [6.45, 7) is 10.8. The lowest BCUT2D eigenvalue weighted by Gasteiger charge is -2.47. The summed E-state index contributed by atoms with van der Waals surface area (Å²) in [7, 11) is 0. The number of fused-ring (bicyclic) bond motifs is 1. The number of benzene rings is 1. The summed E-state index contributed by atoms with van der Waals surface area (Å²) in [4.78, 5) is 26.0. The van der Waals surface area contributed by atoms with Crippen LogP contribution in [0.25, 0.3) is 11.2 Å². The van der Waals surface area contributed by atoms with Gasteiger partial charge in [0.15, 0.2) is 11.3 Å². The van der Waals surface area contributed by atoms with Gasteiger partial charge in [-0.1, -0.05) is 43.1 Å². The molecule has 3 aromatic rings. The van der Waals surface area contributed by atoms with Crippen LogP contribution >= 0.6 is 23.2 Å². The minimum absolute atomic E-state index is 0.0867. The van der Waals surface area contributed by atoms with Crippen molar-refractivity contribution in [2.45, 2.75) is 39.7 Å². The van der Waals surface area contributed by atoms with Gasteiger partial charge in [0.1, 0.15) is 11.3 Å². The van der Waals surface area contributed by atoms with E-state index in [9.17, 15) is 9.90 Å². The molecule has 1 amide bonds. The number of nitrogens with zero attached hydrogens (tertiary/aromatic N) is 6. The average Bonchev–Trinajstić information content (AvgIpc) is 3.24. The van der Waals surface area contributed by atoms with E-state index < -0.39 is 5.91 Å². The van der Waals surface area contributed by atoms with Crippen LogP contribution in [0.1, 0.15) is 55.7 Å². The summed E-state index contributed by atoms with van der Waals surface area (Å²) < 4.78 is 1.66. The number of primary amides is 1. The molecule has 0 spiro atoms. The molecule has 0 radical (unpaired) electrons. The van der Waals surface area contributed by atoms with Crippen LogP contribution in [0.3, 0.4) is 0 Å². The quantitative estimate of drug-likeness (QED) is 0.459. The third kappa shape index (κ3) is 5.70. The van der Waals surface area contributed by atoms with E-state index in [2.05, 4.69) is 19.9 Å². The molecule has 9 nitrogen and oxygen atoms in total. The first kappa shape index (κ1) is 27.6. The number of nitrogens with two attached hydrogens (primary N) is 1. The number of piperidine rings is 1. The number of likely N-dealkylation sites (tertiary alicyclic amines) is 1. The van der Waals surface area contributed by atoms with Crippen molar-refractivity contribution in [1.82, 2.24) is 24.6 Å². The highest BCUT2D eigenvalue weighted by atomic mass is 35.5. The molecule has 0 saturated carbocycles. The van der Waals surface area contributed by atoms with E-state index in [1.807, 2.05) is 26.8 Å². The number of hydrogen-bond donors (Lipinski definition) is 2. The molecule has 200 valence electrons. The summed E-state index contributed by atoms with van der Waals surface area (Å²) in [5, 5.41) is 14.8. The molecule has 2 aliphatic rings. The third-order valence-electron chi connectivity index (χ3n) is 7.26. The first-order chi connectivity index (χ1) is 17.9. The van der Waals surface area contributed by atoms with E-state index in [0.717, 1.165) is 44.1 Å². The lowest BCUT2D eigenvalue weighted by molar-refractivity contribution is 0.0995. The molecule has 2 fully saturated rings. The molecule has 5 rings (SSSR count). The Morgan fingerprint density at radius 3 is 2.65 bits per heavy atom. The maximum absolute atomic E-state index is 12.1. The molecule has 2 aliphatic heterocycles. The standard InChI is InChI=1S/C24H29Cl2N7O2.C2H6/c1-14(18-5-4-17(25)9-19(18)26)33-24-22(21(30-33)23(27)35)28-10-20(29-24)32-12-16(13-32)15-3-2-6-31(11-15)7-8-34;1-2/h4-5,9-10,14-16,34H,2-3,6-8,11-13H2,1H3,(H2,27,35);1-2H3. The fraction of sp³-hybridized carbons (Fsp3) is 0.538. The number of aromatic nitrogens is 4. The van der Waals surface area contributed by atoms with Gasteiger partial charge in [0, 0.05) is 36.2 Å². The Morgan fingerprint density at radius 2 is 1.97 bits per heavy atom. The topological polar surface area (TPSA) is 113 Å². The Kier molecular flexibility index (Phi) is 8.90. The van der Waals surface area contributed by atoms with Crippen molar-refractivity contribution in [2.75, 3.05) is 44.2 Å². The van der Waals surface area contributed by atoms with Crippen LogP contribution in [0.2, 0.25) is 10.0 Å². The first-order valence-corrected chi connectivity index (χ1v) is 13.7. The summed E-state index contributed by atoms with van der Waals surface area (Å²) in [6.07, 6.45) is 4.09. The van der Waals surface area contributed by atoms with Crippen LogP contribution < -0.4 is 10.6 Å². The highest BCUT2D eigenvalue weighted by Gasteiger charge is 2.37. The molecular formula is C26H35Cl2N7O2. The zero-order valence-electron chi connectivity index (χ0n) is 21.6. The van der Waals surface area contributed by atoms with Crippen molar-refractivity contribution in [3.63, 3.8) is 0 Å². The van der Waals surface area contributed by atoms with Crippen LogP contribution in [0.4, 0.5) is 5.82 Å². The summed E-state index contributed by atoms with van der Waals surface area (Å²) >= 11 is 12.5. The van der Waals surface area contributed by atoms with Gasteiger partial charge in [-0.15, -0.1) is 0 Å². The Hall–Kier alpha value is -2.46. The molecule has 0 bridgehead atoms. The lowest BCUT2D eigenvalue weighted by atomic mass is 9.80. The highest BCUT2D eigenvalue weighted by molar-refractivity contribution is 6.35. The second-order valence-electron chi connectivity index (χ2n) is 9.49. The largest absolute Gasteiger partial charge is 0.395 e. The number of amides is 1.